The number of H-pyrrole nitrogens is 1. The molecular formula is C23H22N4O2. The maximum Gasteiger partial charge on any atom is 0.335 e. The molecule has 0 unspecified atom stereocenters. The Labute approximate surface area is 168 Å². The number of hydrogen-bond donors (Lipinski definition) is 3. The highest BCUT2D eigenvalue weighted by molar-refractivity contribution is 5.88. The number of carboxylic acid groups (broad SMARTS) is 1. The molecule has 3 N–H and O–H groups in total. The van der Waals surface area contributed by atoms with Gasteiger partial charge in [0.2, 0.25) is 0 Å². The molecule has 0 saturated heterocycles. The van der Waals surface area contributed by atoms with E-state index in [1.54, 1.807) is 24.3 Å². The lowest BCUT2D eigenvalue weighted by atomic mass is 10.1. The standard InChI is InChI=1S/C23H22N4O2/c1-14-4-3-5-19-18(15(2)27-22(14)19)10-11-24-21-12-20(25-13-26-21)16-6-8-17(9-7-16)23(28)29/h3-9,12-13,27H,10-11H2,1-2H3,(H,28,29)(H,24,25,26). The zero-order valence-corrected chi connectivity index (χ0v) is 16.4. The van der Waals surface area contributed by atoms with Gasteiger partial charge in [0.15, 0.2) is 0 Å². The summed E-state index contributed by atoms with van der Waals surface area (Å²) >= 11 is 0. The van der Waals surface area contributed by atoms with E-state index in [4.69, 9.17) is 5.11 Å². The SMILES string of the molecule is Cc1[nH]c2c(C)cccc2c1CCNc1cc(-c2ccc(C(=O)O)cc2)ncn1. The van der Waals surface area contributed by atoms with Crippen molar-refractivity contribution in [3.05, 3.63) is 77.2 Å². The van der Waals surface area contributed by atoms with Gasteiger partial charge in [-0.2, -0.15) is 0 Å². The fraction of sp³-hybridized carbons (Fsp3) is 0.174. The predicted molar refractivity (Wildman–Crippen MR) is 114 cm³/mol. The predicted octanol–water partition coefficient (Wildman–Crippen LogP) is 4.59. The molecule has 0 fully saturated rings. The van der Waals surface area contributed by atoms with Gasteiger partial charge in [0.1, 0.15) is 12.1 Å². The number of rotatable bonds is 6. The number of aromatic nitrogens is 3. The summed E-state index contributed by atoms with van der Waals surface area (Å²) in [4.78, 5) is 23.1. The third kappa shape index (κ3) is 3.82. The Morgan fingerprint density at radius 2 is 1.90 bits per heavy atom. The summed E-state index contributed by atoms with van der Waals surface area (Å²) in [7, 11) is 0. The van der Waals surface area contributed by atoms with Crippen molar-refractivity contribution in [2.75, 3.05) is 11.9 Å². The number of aryl methyl sites for hydroxylation is 2. The van der Waals surface area contributed by atoms with Gasteiger partial charge in [-0.25, -0.2) is 14.8 Å². The van der Waals surface area contributed by atoms with Gasteiger partial charge in [-0.05, 0) is 43.5 Å². The van der Waals surface area contributed by atoms with E-state index in [2.05, 4.69) is 52.3 Å². The maximum absolute atomic E-state index is 11.0. The lowest BCUT2D eigenvalue weighted by Gasteiger charge is -2.08. The van der Waals surface area contributed by atoms with Crippen LogP contribution in [0, 0.1) is 13.8 Å². The molecule has 4 aromatic rings. The smallest absolute Gasteiger partial charge is 0.335 e. The molecule has 146 valence electrons. The monoisotopic (exact) mass is 386 g/mol. The number of carboxylic acids is 1. The summed E-state index contributed by atoms with van der Waals surface area (Å²) in [5, 5.41) is 13.7. The number of nitrogens with one attached hydrogen (secondary N) is 2. The van der Waals surface area contributed by atoms with Crippen LogP contribution in [0.2, 0.25) is 0 Å². The van der Waals surface area contributed by atoms with Crippen LogP contribution in [-0.2, 0) is 6.42 Å². The molecule has 0 aliphatic heterocycles. The van der Waals surface area contributed by atoms with E-state index in [0.29, 0.717) is 0 Å². The minimum Gasteiger partial charge on any atom is -0.478 e. The second kappa shape index (κ2) is 7.75. The van der Waals surface area contributed by atoms with Gasteiger partial charge in [-0.3, -0.25) is 0 Å². The van der Waals surface area contributed by atoms with Crippen LogP contribution in [0.4, 0.5) is 5.82 Å². The van der Waals surface area contributed by atoms with Gasteiger partial charge in [0.05, 0.1) is 11.3 Å². The molecule has 0 atom stereocenters. The van der Waals surface area contributed by atoms with E-state index in [1.165, 1.54) is 34.1 Å². The van der Waals surface area contributed by atoms with Gasteiger partial charge in [0.25, 0.3) is 0 Å². The zero-order chi connectivity index (χ0) is 20.4. The van der Waals surface area contributed by atoms with Crippen molar-refractivity contribution in [3.63, 3.8) is 0 Å². The number of benzene rings is 2. The van der Waals surface area contributed by atoms with Gasteiger partial charge < -0.3 is 15.4 Å². The lowest BCUT2D eigenvalue weighted by Crippen LogP contribution is -2.07. The molecule has 4 rings (SSSR count). The minimum absolute atomic E-state index is 0.255. The third-order valence-electron chi connectivity index (χ3n) is 5.14. The molecule has 0 bridgehead atoms. The van der Waals surface area contributed by atoms with Crippen LogP contribution >= 0.6 is 0 Å². The van der Waals surface area contributed by atoms with Crippen LogP contribution in [0.3, 0.4) is 0 Å². The fourth-order valence-electron chi connectivity index (χ4n) is 3.58. The summed E-state index contributed by atoms with van der Waals surface area (Å²) < 4.78 is 0. The molecule has 29 heavy (non-hydrogen) atoms. The van der Waals surface area contributed by atoms with Crippen LogP contribution in [0.15, 0.2) is 54.9 Å². The van der Waals surface area contributed by atoms with Crippen LogP contribution in [0.5, 0.6) is 0 Å². The Bertz CT molecular complexity index is 1180. The number of nitrogens with zero attached hydrogens (tertiary/aromatic N) is 2. The van der Waals surface area contributed by atoms with Crippen molar-refractivity contribution in [1.29, 1.82) is 0 Å². The van der Waals surface area contributed by atoms with Gasteiger partial charge in [-0.1, -0.05) is 30.3 Å². The molecule has 0 amide bonds. The van der Waals surface area contributed by atoms with Crippen molar-refractivity contribution in [2.45, 2.75) is 20.3 Å². The summed E-state index contributed by atoms with van der Waals surface area (Å²) in [5.41, 5.74) is 6.81. The molecule has 0 aliphatic carbocycles. The normalized spacial score (nSPS) is 11.0. The molecule has 2 aromatic carbocycles. The summed E-state index contributed by atoms with van der Waals surface area (Å²) in [6, 6.07) is 14.9. The Morgan fingerprint density at radius 1 is 1.10 bits per heavy atom. The highest BCUT2D eigenvalue weighted by Crippen LogP contribution is 2.25. The van der Waals surface area contributed by atoms with E-state index in [9.17, 15) is 4.79 Å². The molecular weight excluding hydrogens is 364 g/mol. The van der Waals surface area contributed by atoms with E-state index in [1.807, 2.05) is 6.07 Å². The van der Waals surface area contributed by atoms with Crippen molar-refractivity contribution < 1.29 is 9.90 Å². The first-order chi connectivity index (χ1) is 14.0. The van der Waals surface area contributed by atoms with E-state index in [0.717, 1.165) is 30.0 Å². The highest BCUT2D eigenvalue weighted by Gasteiger charge is 2.10. The number of hydrogen-bond acceptors (Lipinski definition) is 4. The molecule has 6 nitrogen and oxygen atoms in total. The van der Waals surface area contributed by atoms with Crippen LogP contribution < -0.4 is 5.32 Å². The van der Waals surface area contributed by atoms with Gasteiger partial charge in [-0.15, -0.1) is 0 Å². The zero-order valence-electron chi connectivity index (χ0n) is 16.4. The number of aromatic amines is 1. The van der Waals surface area contributed by atoms with Crippen molar-refractivity contribution in [2.24, 2.45) is 0 Å². The molecule has 2 heterocycles. The van der Waals surface area contributed by atoms with Gasteiger partial charge in [0, 0.05) is 34.8 Å². The Balaban J connectivity index is 1.47. The largest absolute Gasteiger partial charge is 0.478 e. The summed E-state index contributed by atoms with van der Waals surface area (Å²) in [5.74, 6) is -0.199. The van der Waals surface area contributed by atoms with Crippen molar-refractivity contribution in [1.82, 2.24) is 15.0 Å². The summed E-state index contributed by atoms with van der Waals surface area (Å²) in [6.07, 6.45) is 2.39. The molecule has 0 aliphatic rings. The van der Waals surface area contributed by atoms with Crippen molar-refractivity contribution in [3.8, 4) is 11.3 Å². The first-order valence-electron chi connectivity index (χ1n) is 9.49. The topological polar surface area (TPSA) is 90.9 Å². The third-order valence-corrected chi connectivity index (χ3v) is 5.14. The maximum atomic E-state index is 11.0. The summed E-state index contributed by atoms with van der Waals surface area (Å²) in [6.45, 7) is 4.97. The number of carbonyl (C=O) groups is 1. The number of para-hydroxylation sites is 1. The fourth-order valence-corrected chi connectivity index (χ4v) is 3.58. The quantitative estimate of drug-likeness (QED) is 0.451. The second-order valence-electron chi connectivity index (χ2n) is 7.07. The average molecular weight is 386 g/mol. The molecule has 0 radical (unpaired) electrons. The van der Waals surface area contributed by atoms with Crippen molar-refractivity contribution >= 4 is 22.7 Å². The Hall–Kier alpha value is -3.67. The van der Waals surface area contributed by atoms with Crippen LogP contribution in [0.25, 0.3) is 22.2 Å². The molecule has 0 saturated carbocycles. The molecule has 0 spiro atoms. The first kappa shape index (κ1) is 18.7. The Kier molecular flexibility index (Phi) is 4.99. The molecule has 6 heteroatoms. The lowest BCUT2D eigenvalue weighted by molar-refractivity contribution is 0.0697. The highest BCUT2D eigenvalue weighted by atomic mass is 16.4. The molecule has 2 aromatic heterocycles. The minimum atomic E-state index is -0.940. The average Bonchev–Trinajstić information content (AvgIpc) is 3.05. The number of fused-ring (bicyclic) bond motifs is 1. The van der Waals surface area contributed by atoms with Crippen LogP contribution in [-0.4, -0.2) is 32.6 Å². The first-order valence-corrected chi connectivity index (χ1v) is 9.49. The number of aromatic carboxylic acids is 1. The Morgan fingerprint density at radius 3 is 2.66 bits per heavy atom. The van der Waals surface area contributed by atoms with Crippen LogP contribution in [0.1, 0.15) is 27.2 Å². The van der Waals surface area contributed by atoms with E-state index < -0.39 is 5.97 Å². The number of anilines is 1. The van der Waals surface area contributed by atoms with E-state index >= 15 is 0 Å². The van der Waals surface area contributed by atoms with Gasteiger partial charge >= 0.3 is 5.97 Å². The van der Waals surface area contributed by atoms with E-state index in [-0.39, 0.29) is 5.56 Å². The second-order valence-corrected chi connectivity index (χ2v) is 7.07.